The molecule has 1 N–H and O–H groups in total. The van der Waals surface area contributed by atoms with Gasteiger partial charge in [0.05, 0.1) is 13.2 Å². The average Bonchev–Trinajstić information content (AvgIpc) is 2.64. The molecule has 3 heteroatoms. The number of rotatable bonds is 6. The maximum absolute atomic E-state index is 6.04. The monoisotopic (exact) mass is 337 g/mol. The van der Waals surface area contributed by atoms with E-state index in [2.05, 4.69) is 47.8 Å². The molecule has 122 valence electrons. The highest BCUT2D eigenvalue weighted by Crippen LogP contribution is 2.25. The molecule has 0 aliphatic heterocycles. The molecule has 0 unspecified atom stereocenters. The second-order valence-electron chi connectivity index (χ2n) is 5.59. The van der Waals surface area contributed by atoms with Crippen LogP contribution in [-0.2, 0) is 6.54 Å². The molecule has 3 aromatic carbocycles. The molecule has 0 aliphatic carbocycles. The summed E-state index contributed by atoms with van der Waals surface area (Å²) in [5, 5.41) is 4.39. The van der Waals surface area contributed by atoms with Gasteiger partial charge in [0.1, 0.15) is 5.75 Å². The van der Waals surface area contributed by atoms with E-state index >= 15 is 0 Å². The summed E-state index contributed by atoms with van der Waals surface area (Å²) in [6.07, 6.45) is 0. The molecule has 3 rings (SSSR count). The number of nitrogens with one attached hydrogen (secondary N) is 1. The van der Waals surface area contributed by atoms with Crippen LogP contribution in [0.15, 0.2) is 78.9 Å². The summed E-state index contributed by atoms with van der Waals surface area (Å²) in [6.45, 7) is 0.714. The van der Waals surface area contributed by atoms with Gasteiger partial charge in [0.25, 0.3) is 0 Å². The first-order valence-electron chi connectivity index (χ1n) is 7.93. The van der Waals surface area contributed by atoms with Crippen LogP contribution in [0.3, 0.4) is 0 Å². The van der Waals surface area contributed by atoms with E-state index in [-0.39, 0.29) is 6.04 Å². The molecule has 0 saturated heterocycles. The number of para-hydroxylation sites is 1. The Hall–Kier alpha value is -2.29. The first-order chi connectivity index (χ1) is 11.8. The summed E-state index contributed by atoms with van der Waals surface area (Å²) in [7, 11) is 1.70. The van der Waals surface area contributed by atoms with Crippen molar-refractivity contribution < 1.29 is 4.74 Å². The second-order valence-corrected chi connectivity index (χ2v) is 6.02. The molecule has 0 aliphatic rings. The van der Waals surface area contributed by atoms with Crippen molar-refractivity contribution in [1.82, 2.24) is 5.32 Å². The van der Waals surface area contributed by atoms with Gasteiger partial charge in [-0.25, -0.2) is 0 Å². The summed E-state index contributed by atoms with van der Waals surface area (Å²) in [5.74, 6) is 0.896. The molecule has 24 heavy (non-hydrogen) atoms. The van der Waals surface area contributed by atoms with Gasteiger partial charge < -0.3 is 10.1 Å². The Morgan fingerprint density at radius 2 is 1.46 bits per heavy atom. The molecule has 0 amide bonds. The summed E-state index contributed by atoms with van der Waals surface area (Å²) < 4.78 is 5.45. The topological polar surface area (TPSA) is 21.3 Å². The van der Waals surface area contributed by atoms with Crippen molar-refractivity contribution in [3.63, 3.8) is 0 Å². The molecule has 0 spiro atoms. The zero-order valence-corrected chi connectivity index (χ0v) is 14.3. The van der Waals surface area contributed by atoms with Gasteiger partial charge in [-0.3, -0.25) is 0 Å². The summed E-state index contributed by atoms with van der Waals surface area (Å²) in [5.41, 5.74) is 3.53. The summed E-state index contributed by atoms with van der Waals surface area (Å²) in [6, 6.07) is 26.6. The average molecular weight is 338 g/mol. The van der Waals surface area contributed by atoms with Crippen molar-refractivity contribution in [2.75, 3.05) is 7.11 Å². The van der Waals surface area contributed by atoms with Gasteiger partial charge in [0.15, 0.2) is 0 Å². The van der Waals surface area contributed by atoms with Crippen molar-refractivity contribution in [3.05, 3.63) is 101 Å². The Bertz CT molecular complexity index is 771. The van der Waals surface area contributed by atoms with Crippen LogP contribution in [0.2, 0.25) is 5.02 Å². The smallest absolute Gasteiger partial charge is 0.123 e. The first kappa shape index (κ1) is 16.6. The number of hydrogen-bond acceptors (Lipinski definition) is 2. The highest BCUT2D eigenvalue weighted by molar-refractivity contribution is 6.30. The fourth-order valence-electron chi connectivity index (χ4n) is 2.79. The Kier molecular flexibility index (Phi) is 5.52. The predicted octanol–water partition coefficient (Wildman–Crippen LogP) is 5.23. The van der Waals surface area contributed by atoms with Gasteiger partial charge in [-0.05, 0) is 29.3 Å². The maximum atomic E-state index is 6.04. The largest absolute Gasteiger partial charge is 0.496 e. The maximum Gasteiger partial charge on any atom is 0.123 e. The quantitative estimate of drug-likeness (QED) is 0.665. The van der Waals surface area contributed by atoms with Gasteiger partial charge in [-0.1, -0.05) is 72.3 Å². The lowest BCUT2D eigenvalue weighted by atomic mass is 9.98. The van der Waals surface area contributed by atoms with E-state index in [1.54, 1.807) is 7.11 Å². The van der Waals surface area contributed by atoms with Crippen LogP contribution in [-0.4, -0.2) is 7.11 Å². The van der Waals surface area contributed by atoms with Crippen molar-refractivity contribution in [2.45, 2.75) is 12.6 Å². The van der Waals surface area contributed by atoms with Crippen LogP contribution < -0.4 is 10.1 Å². The zero-order chi connectivity index (χ0) is 16.8. The van der Waals surface area contributed by atoms with Crippen molar-refractivity contribution in [1.29, 1.82) is 0 Å². The highest BCUT2D eigenvalue weighted by Gasteiger charge is 2.14. The van der Waals surface area contributed by atoms with E-state index in [0.29, 0.717) is 6.54 Å². The fourth-order valence-corrected chi connectivity index (χ4v) is 2.92. The Balaban J connectivity index is 1.86. The Morgan fingerprint density at radius 1 is 0.833 bits per heavy atom. The fraction of sp³-hybridized carbons (Fsp3) is 0.143. The van der Waals surface area contributed by atoms with Crippen molar-refractivity contribution in [2.24, 2.45) is 0 Å². The van der Waals surface area contributed by atoms with Gasteiger partial charge >= 0.3 is 0 Å². The normalized spacial score (nSPS) is 11.9. The summed E-state index contributed by atoms with van der Waals surface area (Å²) in [4.78, 5) is 0. The molecular weight excluding hydrogens is 318 g/mol. The van der Waals surface area contributed by atoms with E-state index in [1.807, 2.05) is 36.4 Å². The highest BCUT2D eigenvalue weighted by atomic mass is 35.5. The first-order valence-corrected chi connectivity index (χ1v) is 8.31. The molecule has 0 radical (unpaired) electrons. The third-order valence-corrected chi connectivity index (χ3v) is 4.28. The number of methoxy groups -OCH3 is 1. The number of ether oxygens (including phenoxy) is 1. The standard InChI is InChI=1S/C21H20ClNO/c1-24-20-10-6-5-9-18(20)15-23-21(16-7-3-2-4-8-16)17-11-13-19(22)14-12-17/h2-14,21,23H,15H2,1H3/t21-/m1/s1. The number of hydrogen-bond donors (Lipinski definition) is 1. The summed E-state index contributed by atoms with van der Waals surface area (Å²) >= 11 is 6.04. The Morgan fingerprint density at radius 3 is 2.17 bits per heavy atom. The van der Waals surface area contributed by atoms with Crippen LogP contribution >= 0.6 is 11.6 Å². The van der Waals surface area contributed by atoms with Gasteiger partial charge in [0, 0.05) is 17.1 Å². The lowest BCUT2D eigenvalue weighted by Gasteiger charge is -2.21. The SMILES string of the molecule is COc1ccccc1CN[C@H](c1ccccc1)c1ccc(Cl)cc1. The molecule has 2 nitrogen and oxygen atoms in total. The van der Waals surface area contributed by atoms with E-state index in [4.69, 9.17) is 16.3 Å². The van der Waals surface area contributed by atoms with Crippen LogP contribution in [0.25, 0.3) is 0 Å². The molecule has 0 saturated carbocycles. The van der Waals surface area contributed by atoms with E-state index in [1.165, 1.54) is 11.1 Å². The van der Waals surface area contributed by atoms with Gasteiger partial charge in [-0.15, -0.1) is 0 Å². The molecule has 0 bridgehead atoms. The predicted molar refractivity (Wildman–Crippen MR) is 99.6 cm³/mol. The Labute approximate surface area is 148 Å². The molecule has 0 fully saturated rings. The van der Waals surface area contributed by atoms with Crippen LogP contribution in [0.5, 0.6) is 5.75 Å². The molecule has 0 aromatic heterocycles. The molecule has 3 aromatic rings. The second kappa shape index (κ2) is 8.00. The zero-order valence-electron chi connectivity index (χ0n) is 13.6. The molecular formula is C21H20ClNO. The van der Waals surface area contributed by atoms with E-state index in [0.717, 1.165) is 16.3 Å². The minimum absolute atomic E-state index is 0.0911. The van der Waals surface area contributed by atoms with Crippen molar-refractivity contribution in [3.8, 4) is 5.75 Å². The number of halogens is 1. The lowest BCUT2D eigenvalue weighted by molar-refractivity contribution is 0.406. The minimum Gasteiger partial charge on any atom is -0.496 e. The minimum atomic E-state index is 0.0911. The van der Waals surface area contributed by atoms with Gasteiger partial charge in [-0.2, -0.15) is 0 Å². The third kappa shape index (κ3) is 3.97. The lowest BCUT2D eigenvalue weighted by Crippen LogP contribution is -2.22. The van der Waals surface area contributed by atoms with Crippen LogP contribution in [0.4, 0.5) is 0 Å². The van der Waals surface area contributed by atoms with Crippen molar-refractivity contribution >= 4 is 11.6 Å². The van der Waals surface area contributed by atoms with Crippen LogP contribution in [0, 0.1) is 0 Å². The van der Waals surface area contributed by atoms with Crippen LogP contribution in [0.1, 0.15) is 22.7 Å². The third-order valence-electron chi connectivity index (χ3n) is 4.03. The molecule has 0 heterocycles. The molecule has 1 atom stereocenters. The van der Waals surface area contributed by atoms with E-state index < -0.39 is 0 Å². The van der Waals surface area contributed by atoms with E-state index in [9.17, 15) is 0 Å². The van der Waals surface area contributed by atoms with Gasteiger partial charge in [0.2, 0.25) is 0 Å². The number of benzene rings is 3.